The lowest BCUT2D eigenvalue weighted by Crippen LogP contribution is -2.36. The molecule has 2 heterocycles. The van der Waals surface area contributed by atoms with Crippen LogP contribution in [0.5, 0.6) is 0 Å². The highest BCUT2D eigenvalue weighted by Crippen LogP contribution is 2.46. The van der Waals surface area contributed by atoms with Crippen LogP contribution < -0.4 is 5.32 Å². The van der Waals surface area contributed by atoms with Gasteiger partial charge >= 0.3 is 5.97 Å². The maximum atomic E-state index is 13.6. The van der Waals surface area contributed by atoms with Crippen molar-refractivity contribution < 1.29 is 14.3 Å². The maximum absolute atomic E-state index is 13.6. The predicted octanol–water partition coefficient (Wildman–Crippen LogP) is 6.51. The summed E-state index contributed by atoms with van der Waals surface area (Å²) < 4.78 is 5.71. The molecule has 2 aliphatic rings. The molecule has 2 atom stereocenters. The molecule has 1 aromatic heterocycles. The highest BCUT2D eigenvalue weighted by atomic mass is 35.5. The van der Waals surface area contributed by atoms with E-state index in [0.29, 0.717) is 28.3 Å². The van der Waals surface area contributed by atoms with Crippen LogP contribution in [0.4, 0.5) is 0 Å². The van der Waals surface area contributed by atoms with E-state index < -0.39 is 11.9 Å². The number of Topliss-reactive ketones (excluding diaryl/α,β-unsaturated/α-hetero) is 1. The number of halogens is 1. The smallest absolute Gasteiger partial charge is 0.337 e. The van der Waals surface area contributed by atoms with Crippen molar-refractivity contribution in [1.82, 2.24) is 5.32 Å². The molecule has 0 saturated carbocycles. The quantitative estimate of drug-likeness (QED) is 0.415. The van der Waals surface area contributed by atoms with Gasteiger partial charge in [-0.2, -0.15) is 0 Å². The van der Waals surface area contributed by atoms with Gasteiger partial charge in [-0.15, -0.1) is 11.3 Å². The molecule has 0 spiro atoms. The molecule has 1 aliphatic carbocycles. The monoisotopic (exact) mass is 489 g/mol. The molecular weight excluding hydrogens is 466 g/mol. The Morgan fingerprint density at radius 2 is 1.91 bits per heavy atom. The van der Waals surface area contributed by atoms with Gasteiger partial charge in [0.1, 0.15) is 6.61 Å². The number of thiophene rings is 1. The molecule has 0 fully saturated rings. The van der Waals surface area contributed by atoms with Crippen molar-refractivity contribution in [3.8, 4) is 0 Å². The zero-order chi connectivity index (χ0) is 23.7. The number of rotatable bonds is 5. The summed E-state index contributed by atoms with van der Waals surface area (Å²) >= 11 is 8.00. The average Bonchev–Trinajstić information content (AvgIpc) is 3.37. The minimum absolute atomic E-state index is 0.0537. The largest absolute Gasteiger partial charge is 0.457 e. The fraction of sp³-hybridized carbons (Fsp3) is 0.214. The number of carbonyl (C=O) groups is 2. The molecule has 172 valence electrons. The summed E-state index contributed by atoms with van der Waals surface area (Å²) in [5.41, 5.74) is 4.42. The van der Waals surface area contributed by atoms with Gasteiger partial charge in [-0.3, -0.25) is 4.79 Å². The van der Waals surface area contributed by atoms with E-state index in [1.807, 2.05) is 66.9 Å². The van der Waals surface area contributed by atoms with Crippen molar-refractivity contribution in [2.24, 2.45) is 0 Å². The summed E-state index contributed by atoms with van der Waals surface area (Å²) in [5.74, 6) is -0.760. The molecule has 0 amide bonds. The molecule has 3 aromatic rings. The van der Waals surface area contributed by atoms with Crippen LogP contribution in [0.1, 0.15) is 47.6 Å². The molecule has 2 aromatic carbocycles. The molecule has 4 nitrogen and oxygen atoms in total. The number of nitrogens with one attached hydrogen (secondary N) is 1. The highest BCUT2D eigenvalue weighted by molar-refractivity contribution is 7.10. The van der Waals surface area contributed by atoms with E-state index in [4.69, 9.17) is 16.3 Å². The van der Waals surface area contributed by atoms with Crippen LogP contribution in [0.15, 0.2) is 94.7 Å². The van der Waals surface area contributed by atoms with Crippen molar-refractivity contribution in [2.75, 3.05) is 0 Å². The summed E-state index contributed by atoms with van der Waals surface area (Å²) in [7, 11) is 0. The molecule has 6 heteroatoms. The van der Waals surface area contributed by atoms with Crippen molar-refractivity contribution in [3.63, 3.8) is 0 Å². The topological polar surface area (TPSA) is 55.4 Å². The summed E-state index contributed by atoms with van der Waals surface area (Å²) in [5, 5.41) is 6.00. The third kappa shape index (κ3) is 4.46. The van der Waals surface area contributed by atoms with Crippen LogP contribution in [0.3, 0.4) is 0 Å². The maximum Gasteiger partial charge on any atom is 0.337 e. The predicted molar refractivity (Wildman–Crippen MR) is 135 cm³/mol. The number of ketones is 1. The number of ether oxygens (including phenoxy) is 1. The van der Waals surface area contributed by atoms with Crippen LogP contribution in [0, 0.1) is 0 Å². The van der Waals surface area contributed by atoms with E-state index in [2.05, 4.69) is 11.4 Å². The third-order valence-electron chi connectivity index (χ3n) is 6.39. The normalized spacial score (nSPS) is 20.1. The van der Waals surface area contributed by atoms with Crippen LogP contribution in [0.25, 0.3) is 0 Å². The van der Waals surface area contributed by atoms with Gasteiger partial charge in [0.15, 0.2) is 5.78 Å². The zero-order valence-corrected chi connectivity index (χ0v) is 20.3. The number of benzene rings is 2. The standard InChI is InChI=1S/C28H24ClNO3S/c1-17-25(28(32)33-16-18-7-3-2-4-8-18)26(19-9-5-10-21(29)13-19)27-22(30-17)14-20(15-23(27)31)24-11-6-12-34-24/h2-13,20,26,30H,14-16H2,1H3/t20-,26-/m0/s1. The molecule has 0 unspecified atom stereocenters. The lowest BCUT2D eigenvalue weighted by atomic mass is 9.72. The van der Waals surface area contributed by atoms with Gasteiger partial charge in [0.2, 0.25) is 0 Å². The molecule has 34 heavy (non-hydrogen) atoms. The van der Waals surface area contributed by atoms with Gasteiger partial charge in [-0.1, -0.05) is 60.1 Å². The Bertz CT molecular complexity index is 1290. The Kier molecular flexibility index (Phi) is 6.40. The molecular formula is C28H24ClNO3S. The summed E-state index contributed by atoms with van der Waals surface area (Å²) in [6.45, 7) is 2.04. The zero-order valence-electron chi connectivity index (χ0n) is 18.7. The fourth-order valence-corrected chi connectivity index (χ4v) is 5.88. The van der Waals surface area contributed by atoms with E-state index in [-0.39, 0.29) is 18.3 Å². The van der Waals surface area contributed by atoms with Gasteiger partial charge in [-0.25, -0.2) is 4.79 Å². The molecule has 0 saturated heterocycles. The fourth-order valence-electron chi connectivity index (χ4n) is 4.85. The molecule has 0 bridgehead atoms. The Balaban J connectivity index is 1.52. The van der Waals surface area contributed by atoms with Crippen molar-refractivity contribution in [2.45, 2.75) is 38.2 Å². The molecule has 0 radical (unpaired) electrons. The lowest BCUT2D eigenvalue weighted by Gasteiger charge is -2.36. The van der Waals surface area contributed by atoms with Gasteiger partial charge in [-0.05, 0) is 48.1 Å². The Labute approximate surface area is 207 Å². The SMILES string of the molecule is CC1=C(C(=O)OCc2ccccc2)[C@H](c2cccc(Cl)c2)C2=C(C[C@H](c3cccs3)CC2=O)N1. The molecule has 1 N–H and O–H groups in total. The second kappa shape index (κ2) is 9.61. The van der Waals surface area contributed by atoms with Gasteiger partial charge in [0.05, 0.1) is 5.57 Å². The van der Waals surface area contributed by atoms with Gasteiger partial charge in [0.25, 0.3) is 0 Å². The van der Waals surface area contributed by atoms with Crippen LogP contribution >= 0.6 is 22.9 Å². The average molecular weight is 490 g/mol. The summed E-state index contributed by atoms with van der Waals surface area (Å²) in [6.07, 6.45) is 1.14. The molecule has 1 aliphatic heterocycles. The minimum Gasteiger partial charge on any atom is -0.457 e. The first-order valence-corrected chi connectivity index (χ1v) is 12.5. The first-order chi connectivity index (χ1) is 16.5. The molecule has 5 rings (SSSR count). The summed E-state index contributed by atoms with van der Waals surface area (Å²) in [4.78, 5) is 28.2. The lowest BCUT2D eigenvalue weighted by molar-refractivity contribution is -0.140. The Morgan fingerprint density at radius 3 is 2.65 bits per heavy atom. The Hall–Kier alpha value is -3.15. The van der Waals surface area contributed by atoms with Crippen molar-refractivity contribution in [3.05, 3.63) is 116 Å². The van der Waals surface area contributed by atoms with Crippen LogP contribution in [-0.2, 0) is 20.9 Å². The van der Waals surface area contributed by atoms with E-state index >= 15 is 0 Å². The highest BCUT2D eigenvalue weighted by Gasteiger charge is 2.41. The summed E-state index contributed by atoms with van der Waals surface area (Å²) in [6, 6.07) is 21.1. The number of allylic oxidation sites excluding steroid dienone is 3. The first kappa shape index (κ1) is 22.6. The van der Waals surface area contributed by atoms with Crippen molar-refractivity contribution >= 4 is 34.7 Å². The minimum atomic E-state index is -0.519. The van der Waals surface area contributed by atoms with E-state index in [1.165, 1.54) is 4.88 Å². The second-order valence-corrected chi connectivity index (χ2v) is 10.1. The van der Waals surface area contributed by atoms with E-state index in [1.54, 1.807) is 17.4 Å². The number of dihydropyridines is 1. The van der Waals surface area contributed by atoms with E-state index in [0.717, 1.165) is 23.2 Å². The number of esters is 1. The van der Waals surface area contributed by atoms with Crippen LogP contribution in [0.2, 0.25) is 5.02 Å². The van der Waals surface area contributed by atoms with Crippen LogP contribution in [-0.4, -0.2) is 11.8 Å². The van der Waals surface area contributed by atoms with Crippen molar-refractivity contribution in [1.29, 1.82) is 0 Å². The number of carbonyl (C=O) groups excluding carboxylic acids is 2. The second-order valence-electron chi connectivity index (χ2n) is 8.65. The van der Waals surface area contributed by atoms with E-state index in [9.17, 15) is 9.59 Å². The first-order valence-electron chi connectivity index (χ1n) is 11.2. The Morgan fingerprint density at radius 1 is 1.09 bits per heavy atom. The number of hydrogen-bond donors (Lipinski definition) is 1. The number of hydrogen-bond acceptors (Lipinski definition) is 5. The van der Waals surface area contributed by atoms with Gasteiger partial charge in [0, 0.05) is 45.1 Å². The third-order valence-corrected chi connectivity index (χ3v) is 7.66. The van der Waals surface area contributed by atoms with Gasteiger partial charge < -0.3 is 10.1 Å².